The monoisotopic (exact) mass is 632 g/mol. The Labute approximate surface area is 264 Å². The molecule has 0 radical (unpaired) electrons. The highest BCUT2D eigenvalue weighted by molar-refractivity contribution is 6.72. The molecule has 3 aliphatic rings. The number of nitrogens with zero attached hydrogens (tertiary/aromatic N) is 5. The predicted molar refractivity (Wildman–Crippen MR) is 172 cm³/mol. The Hall–Kier alpha value is -3.71. The largest absolute Gasteiger partial charge is 0.395 e. The van der Waals surface area contributed by atoms with E-state index in [1.54, 1.807) is 33.7 Å². The van der Waals surface area contributed by atoms with Gasteiger partial charge in [-0.05, 0) is 43.3 Å². The summed E-state index contributed by atoms with van der Waals surface area (Å²) < 4.78 is 24.8. The lowest BCUT2D eigenvalue weighted by atomic mass is 9.82. The molecule has 2 fully saturated rings. The Kier molecular flexibility index (Phi) is 8.50. The van der Waals surface area contributed by atoms with Crippen molar-refractivity contribution in [2.45, 2.75) is 56.1 Å². The highest BCUT2D eigenvalue weighted by Crippen LogP contribution is 2.60. The highest BCUT2D eigenvalue weighted by Gasteiger charge is 2.66. The number of aliphatic hydroxyl groups excluding tert-OH is 1. The molecule has 238 valence electrons. The first kappa shape index (κ1) is 31.3. The summed E-state index contributed by atoms with van der Waals surface area (Å²) in [5, 5.41) is 21.8. The van der Waals surface area contributed by atoms with E-state index in [4.69, 9.17) is 4.74 Å². The van der Waals surface area contributed by atoms with Crippen molar-refractivity contribution >= 4 is 31.6 Å². The molecule has 0 aliphatic carbocycles. The van der Waals surface area contributed by atoms with E-state index in [-0.39, 0.29) is 37.4 Å². The number of piperazine rings is 1. The van der Waals surface area contributed by atoms with Crippen LogP contribution in [0, 0.1) is 5.92 Å². The van der Waals surface area contributed by atoms with Crippen LogP contribution in [0.1, 0.15) is 36.1 Å². The zero-order valence-electron chi connectivity index (χ0n) is 26.0. The Morgan fingerprint density at radius 1 is 1.24 bits per heavy atom. The molecule has 3 aliphatic heterocycles. The number of hydrogen-bond donors (Lipinski definition) is 2. The predicted octanol–water partition coefficient (Wildman–Crippen LogP) is 3.74. The topological polar surface area (TPSA) is 113 Å². The Morgan fingerprint density at radius 2 is 2.02 bits per heavy atom. The van der Waals surface area contributed by atoms with Gasteiger partial charge in [-0.25, -0.2) is 0 Å². The molecular weight excluding hydrogens is 591 g/mol. The standard InChI is InChI=1S/C33H41FN6O4Si/c1-5-15-40-28-12-11-24(39-17-14-35-19-30(39)42)18-26(28)33(32(40)43)22(2)31(45(3,4)34)29(44-33)13-16-38-20-27(36-37-38)25(21-41)23-9-7-6-8-10-23/h5-12,18,20,22,25,29,31,35,41H,1,13-17,19,21H2,2-4H3/t22-,25?,29+,31-,33+/m0/s1. The van der Waals surface area contributed by atoms with Crippen LogP contribution in [0.3, 0.4) is 0 Å². The number of aliphatic hydroxyl groups is 1. The molecule has 2 saturated heterocycles. The third-order valence-corrected chi connectivity index (χ3v) is 12.1. The van der Waals surface area contributed by atoms with E-state index in [0.29, 0.717) is 48.7 Å². The number of fused-ring (bicyclic) bond motifs is 2. The van der Waals surface area contributed by atoms with Crippen LogP contribution >= 0.6 is 0 Å². The molecule has 45 heavy (non-hydrogen) atoms. The van der Waals surface area contributed by atoms with Gasteiger partial charge in [0.15, 0.2) is 5.60 Å². The van der Waals surface area contributed by atoms with Crippen molar-refractivity contribution in [3.8, 4) is 0 Å². The van der Waals surface area contributed by atoms with E-state index < -0.39 is 31.6 Å². The Balaban J connectivity index is 1.32. The molecule has 2 aromatic carbocycles. The number of amides is 2. The van der Waals surface area contributed by atoms with Crippen LogP contribution in [0.2, 0.25) is 18.6 Å². The average Bonchev–Trinajstić information content (AvgIpc) is 3.68. The number of anilines is 2. The van der Waals surface area contributed by atoms with Crippen molar-refractivity contribution in [1.82, 2.24) is 20.3 Å². The van der Waals surface area contributed by atoms with Crippen LogP contribution in [0.4, 0.5) is 15.5 Å². The first-order valence-corrected chi connectivity index (χ1v) is 18.6. The summed E-state index contributed by atoms with van der Waals surface area (Å²) in [6.07, 6.45) is 3.36. The van der Waals surface area contributed by atoms with Crippen LogP contribution in [0.15, 0.2) is 67.4 Å². The van der Waals surface area contributed by atoms with Crippen LogP contribution in [-0.4, -0.2) is 79.2 Å². The van der Waals surface area contributed by atoms with Crippen molar-refractivity contribution < 1.29 is 23.5 Å². The Bertz CT molecular complexity index is 1580. The van der Waals surface area contributed by atoms with Crippen LogP contribution < -0.4 is 15.1 Å². The quantitative estimate of drug-likeness (QED) is 0.199. The summed E-state index contributed by atoms with van der Waals surface area (Å²) in [4.78, 5) is 30.5. The summed E-state index contributed by atoms with van der Waals surface area (Å²) in [6.45, 7) is 11.2. The minimum atomic E-state index is -3.36. The van der Waals surface area contributed by atoms with Crippen LogP contribution in [0.25, 0.3) is 0 Å². The summed E-state index contributed by atoms with van der Waals surface area (Å²) in [6, 6.07) is 15.3. The van der Waals surface area contributed by atoms with Crippen molar-refractivity contribution in [2.75, 3.05) is 42.6 Å². The molecule has 12 heteroatoms. The van der Waals surface area contributed by atoms with Gasteiger partial charge >= 0.3 is 0 Å². The first-order valence-electron chi connectivity index (χ1n) is 15.6. The number of ether oxygens (including phenoxy) is 1. The SMILES string of the molecule is C=CCN1C(=O)[C@]2(O[C@H](CCn3cc(C(CO)c4ccccc4)nn3)[C@@H]([Si](C)(C)F)[C@@H]2C)c2cc(N3CCNCC3=O)ccc21. The molecule has 10 nitrogen and oxygen atoms in total. The van der Waals surface area contributed by atoms with Crippen molar-refractivity contribution in [3.05, 3.63) is 84.2 Å². The lowest BCUT2D eigenvalue weighted by Gasteiger charge is -2.32. The van der Waals surface area contributed by atoms with E-state index in [2.05, 4.69) is 22.2 Å². The van der Waals surface area contributed by atoms with Crippen LogP contribution in [-0.2, 0) is 26.5 Å². The molecule has 0 bridgehead atoms. The second-order valence-corrected chi connectivity index (χ2v) is 16.5. The minimum absolute atomic E-state index is 0.0427. The zero-order chi connectivity index (χ0) is 31.9. The fourth-order valence-corrected chi connectivity index (χ4v) is 10.1. The maximum atomic E-state index is 16.3. The number of aryl methyl sites for hydroxylation is 1. The van der Waals surface area contributed by atoms with Gasteiger partial charge in [-0.15, -0.1) is 11.7 Å². The maximum Gasteiger partial charge on any atom is 0.264 e. The number of halogens is 1. The number of benzene rings is 2. The third kappa shape index (κ3) is 5.43. The molecule has 4 heterocycles. The van der Waals surface area contributed by atoms with E-state index >= 15 is 4.11 Å². The summed E-state index contributed by atoms with van der Waals surface area (Å²) in [5.41, 5.74) is 1.80. The number of aromatic nitrogens is 3. The smallest absolute Gasteiger partial charge is 0.264 e. The minimum Gasteiger partial charge on any atom is -0.395 e. The summed E-state index contributed by atoms with van der Waals surface area (Å²) in [5.74, 6) is -1.03. The van der Waals surface area contributed by atoms with Gasteiger partial charge in [-0.2, -0.15) is 0 Å². The number of hydrogen-bond acceptors (Lipinski definition) is 7. The average molecular weight is 633 g/mol. The first-order chi connectivity index (χ1) is 21.6. The van der Waals surface area contributed by atoms with E-state index in [0.717, 1.165) is 5.56 Å². The third-order valence-electron chi connectivity index (χ3n) is 9.60. The molecule has 5 atom stereocenters. The second kappa shape index (κ2) is 12.2. The maximum absolute atomic E-state index is 16.3. The number of carbonyl (C=O) groups is 2. The molecule has 6 rings (SSSR count). The fraction of sp³-hybridized carbons (Fsp3) is 0.455. The van der Waals surface area contributed by atoms with Gasteiger partial charge in [0.1, 0.15) is 0 Å². The molecule has 2 N–H and O–H groups in total. The number of rotatable bonds is 10. The van der Waals surface area contributed by atoms with Gasteiger partial charge in [-0.1, -0.05) is 48.5 Å². The molecule has 0 saturated carbocycles. The van der Waals surface area contributed by atoms with Crippen molar-refractivity contribution in [3.63, 3.8) is 0 Å². The fourth-order valence-electron chi connectivity index (χ4n) is 7.56. The second-order valence-electron chi connectivity index (χ2n) is 12.7. The van der Waals surface area contributed by atoms with Crippen molar-refractivity contribution in [1.29, 1.82) is 0 Å². The van der Waals surface area contributed by atoms with E-state index in [9.17, 15) is 14.7 Å². The molecule has 1 spiro atoms. The Morgan fingerprint density at radius 3 is 2.71 bits per heavy atom. The molecule has 2 amide bonds. The zero-order valence-corrected chi connectivity index (χ0v) is 27.0. The van der Waals surface area contributed by atoms with Gasteiger partial charge in [0, 0.05) is 55.1 Å². The van der Waals surface area contributed by atoms with Gasteiger partial charge < -0.3 is 29.1 Å². The van der Waals surface area contributed by atoms with Crippen LogP contribution in [0.5, 0.6) is 0 Å². The number of nitrogens with one attached hydrogen (secondary N) is 1. The van der Waals surface area contributed by atoms with Gasteiger partial charge in [0.25, 0.3) is 5.91 Å². The normalized spacial score (nSPS) is 25.7. The van der Waals surface area contributed by atoms with Gasteiger partial charge in [0.2, 0.25) is 14.3 Å². The molecular formula is C33H41FN6O4Si. The number of carbonyl (C=O) groups excluding carboxylic acids is 2. The molecule has 3 aromatic rings. The van der Waals surface area contributed by atoms with E-state index in [1.165, 1.54) is 0 Å². The molecule has 1 unspecified atom stereocenters. The molecule has 1 aromatic heterocycles. The summed E-state index contributed by atoms with van der Waals surface area (Å²) in [7, 11) is -3.36. The lowest BCUT2D eigenvalue weighted by Crippen LogP contribution is -2.48. The van der Waals surface area contributed by atoms with E-state index in [1.807, 2.05) is 61.7 Å². The van der Waals surface area contributed by atoms with Gasteiger partial charge in [-0.3, -0.25) is 14.3 Å². The van der Waals surface area contributed by atoms with Gasteiger partial charge in [0.05, 0.1) is 36.6 Å². The summed E-state index contributed by atoms with van der Waals surface area (Å²) >= 11 is 0. The highest BCUT2D eigenvalue weighted by atomic mass is 28.4. The van der Waals surface area contributed by atoms with Crippen molar-refractivity contribution in [2.24, 2.45) is 5.92 Å². The lowest BCUT2D eigenvalue weighted by molar-refractivity contribution is -0.145.